The Morgan fingerprint density at radius 3 is 0.432 bits per heavy atom. The van der Waals surface area contributed by atoms with Crippen LogP contribution >= 0.6 is 0 Å². The smallest absolute Gasteiger partial charge is 0.310 e. The van der Waals surface area contributed by atoms with Gasteiger partial charge in [-0.2, -0.15) is 211 Å². The Labute approximate surface area is 794 Å². The minimum Gasteiger partial charge on any atom is -0.310 e. The highest BCUT2D eigenvalue weighted by Crippen LogP contribution is 2.58. The van der Waals surface area contributed by atoms with E-state index in [4.69, 9.17) is 0 Å². The SMILES string of the molecule is FC(F)(F)c1cc(N(c2cc(C(F)(F)F)cc(C(F)(F)F)c2)c2ccc(-c3ccc(N(c4cc(C(F)(F)F)cc(C(F)(F)F)c4)c4cc(C(F)(F)F)cc(C(F)(F)F)c4)cc3C(F)(F)F)c(C(F)(F)F)c2)cc(C(F)(F)F)c1.FC(F)(F)c1cc(N(c2ccc(-c3ccc(N(c4cc(C(F)(F)F)cc(C(F)(F)F)c4)c4cccc5ccccc45)cc3C(F)(F)F)c(C(F)(F)F)c2)c2cccc3ccccc23)cc(C(F)(F)F)c1. The van der Waals surface area contributed by atoms with Gasteiger partial charge in [0.1, 0.15) is 0 Å². The fourth-order valence-corrected chi connectivity index (χ4v) is 15.5. The van der Waals surface area contributed by atoms with Crippen molar-refractivity contribution in [3.8, 4) is 22.3 Å². The lowest BCUT2D eigenvalue weighted by Gasteiger charge is -2.30. The largest absolute Gasteiger partial charge is 0.417 e. The number of hydrogen-bond acceptors (Lipinski definition) is 4. The molecule has 0 aliphatic rings. The molecule has 14 aromatic rings. The van der Waals surface area contributed by atoms with Crippen LogP contribution in [-0.4, -0.2) is 0 Å². The monoisotopic (exact) mass is 2160 g/mol. The quantitative estimate of drug-likeness (QED) is 0.101. The predicted octanol–water partition coefficient (Wildman–Crippen LogP) is 39.2. The highest BCUT2D eigenvalue weighted by atomic mass is 19.5. The van der Waals surface area contributed by atoms with E-state index in [1.807, 2.05) is 0 Å². The molecule has 0 N–H and O–H groups in total. The highest BCUT2D eigenvalue weighted by Gasteiger charge is 2.50. The van der Waals surface area contributed by atoms with Gasteiger partial charge in [0.15, 0.2) is 0 Å². The Hall–Kier alpha value is -14.6. The first kappa shape index (κ1) is 111. The van der Waals surface area contributed by atoms with Crippen molar-refractivity contribution in [1.29, 1.82) is 0 Å². The van der Waals surface area contributed by atoms with Crippen molar-refractivity contribution in [1.82, 2.24) is 0 Å². The van der Waals surface area contributed by atoms with Crippen LogP contribution in [-0.2, 0) is 98.8 Å². The Morgan fingerprint density at radius 2 is 0.270 bits per heavy atom. The number of halogens is 48. The van der Waals surface area contributed by atoms with Gasteiger partial charge in [0, 0.05) is 67.6 Å². The first-order valence-corrected chi connectivity index (χ1v) is 40.2. The number of anilines is 12. The van der Waals surface area contributed by atoms with Gasteiger partial charge in [-0.15, -0.1) is 0 Å². The number of nitrogens with zero attached hydrogens (tertiary/aromatic N) is 4. The summed E-state index contributed by atoms with van der Waals surface area (Å²) in [5.74, 6) is 0. The summed E-state index contributed by atoms with van der Waals surface area (Å²) in [4.78, 5) is 0.361. The lowest BCUT2D eigenvalue weighted by molar-refractivity contribution is -0.144. The summed E-state index contributed by atoms with van der Waals surface area (Å²) in [7, 11) is 0. The first-order valence-electron chi connectivity index (χ1n) is 40.2. The molecule has 0 saturated carbocycles. The standard InChI is InChI=1S/C50H26F18N2.C46H18F30N2/c51-45(52,53)29-19-30(46(54,55)56)22-35(21-29)69(43-13-5-9-27-7-1-3-11-37(27)43)33-15-17-39(41(25-33)49(63,64)65)40-18-16-34(26-42(40)50(66,67)68)70(44-14-6-10-28-8-2-4-12-38(28)44)36-23-31(47(57,58)59)20-32(24-36)48(60,61)62;47-37(48,49)19-5-20(38(50,51)52)10-29(9-19)77(30-11-21(39(53,54)55)6-22(12-30)40(56,57)58)27-1-3-33(35(17-27)45(71,72)73)34-4-2-28(18-36(34)46(74,75)76)78(31-13-23(41(59,60)61)7-24(14-31)42(62,63)64)32-15-25(43(65,66)67)8-26(16-32)44(68,69)70/h1-26H;1-18H. The number of benzene rings is 14. The molecule has 0 aliphatic carbocycles. The summed E-state index contributed by atoms with van der Waals surface area (Å²) in [6.07, 6.45) is -92.5. The summed E-state index contributed by atoms with van der Waals surface area (Å²) in [6, 6.07) is 15.9. The van der Waals surface area contributed by atoms with Crippen LogP contribution < -0.4 is 19.6 Å². The molecule has 0 heterocycles. The minimum absolute atomic E-state index is 0.00536. The van der Waals surface area contributed by atoms with Crippen LogP contribution in [0.25, 0.3) is 43.8 Å². The molecule has 0 spiro atoms. The molecule has 0 aliphatic heterocycles. The first-order chi connectivity index (χ1) is 67.4. The van der Waals surface area contributed by atoms with Crippen molar-refractivity contribution in [2.45, 2.75) is 98.8 Å². The van der Waals surface area contributed by atoms with Crippen LogP contribution in [0.1, 0.15) is 89.0 Å². The van der Waals surface area contributed by atoms with Crippen molar-refractivity contribution in [2.24, 2.45) is 0 Å². The number of fused-ring (bicyclic) bond motifs is 2. The van der Waals surface area contributed by atoms with Crippen LogP contribution in [0.2, 0.25) is 0 Å². The normalized spacial score (nSPS) is 13.4. The number of rotatable bonds is 14. The van der Waals surface area contributed by atoms with Gasteiger partial charge in [0.2, 0.25) is 0 Å². The van der Waals surface area contributed by atoms with E-state index in [0.717, 1.165) is 12.1 Å². The summed E-state index contributed by atoms with van der Waals surface area (Å²) >= 11 is 0. The maximum atomic E-state index is 15.4. The fourth-order valence-electron chi connectivity index (χ4n) is 15.5. The Morgan fingerprint density at radius 1 is 0.122 bits per heavy atom. The van der Waals surface area contributed by atoms with Gasteiger partial charge >= 0.3 is 98.8 Å². The van der Waals surface area contributed by atoms with Crippen molar-refractivity contribution < 1.29 is 211 Å². The summed E-state index contributed by atoms with van der Waals surface area (Å²) in [5, 5.41) is 0.880. The molecule has 4 nitrogen and oxygen atoms in total. The van der Waals surface area contributed by atoms with E-state index in [9.17, 15) is 158 Å². The Balaban J connectivity index is 0.000000248. The van der Waals surface area contributed by atoms with Gasteiger partial charge in [0.05, 0.1) is 100 Å². The molecule has 0 atom stereocenters. The zero-order valence-corrected chi connectivity index (χ0v) is 71.3. The van der Waals surface area contributed by atoms with E-state index in [2.05, 4.69) is 0 Å². The van der Waals surface area contributed by atoms with Crippen molar-refractivity contribution in [3.05, 3.63) is 356 Å². The molecule has 0 amide bonds. The van der Waals surface area contributed by atoms with Crippen molar-refractivity contribution >= 4 is 89.8 Å². The summed E-state index contributed by atoms with van der Waals surface area (Å²) < 4.78 is 691. The van der Waals surface area contributed by atoms with Crippen LogP contribution in [0.4, 0.5) is 279 Å². The number of hydrogen-bond donors (Lipinski definition) is 0. The molecule has 0 saturated heterocycles. The molecular weight excluding hydrogens is 2120 g/mol. The van der Waals surface area contributed by atoms with E-state index in [1.165, 1.54) is 84.9 Å². The second kappa shape index (κ2) is 38.0. The molecule has 148 heavy (non-hydrogen) atoms. The van der Waals surface area contributed by atoms with Crippen LogP contribution in [0.5, 0.6) is 0 Å². The van der Waals surface area contributed by atoms with Crippen LogP contribution in [0, 0.1) is 0 Å². The Kier molecular flexibility index (Phi) is 28.4. The lowest BCUT2D eigenvalue weighted by Crippen LogP contribution is -2.19. The molecule has 0 fully saturated rings. The molecule has 14 rings (SSSR count). The summed E-state index contributed by atoms with van der Waals surface area (Å²) in [6.45, 7) is 0. The average molecular weight is 2170 g/mol. The predicted molar refractivity (Wildman–Crippen MR) is 438 cm³/mol. The van der Waals surface area contributed by atoms with E-state index in [0.29, 0.717) is 32.7 Å². The zero-order chi connectivity index (χ0) is 110. The van der Waals surface area contributed by atoms with Gasteiger partial charge < -0.3 is 19.6 Å². The second-order valence-electron chi connectivity index (χ2n) is 31.8. The molecular formula is C96H44F48N4. The average Bonchev–Trinajstić information content (AvgIpc) is 0.746. The van der Waals surface area contributed by atoms with Crippen LogP contribution in [0.15, 0.2) is 267 Å². The molecule has 0 radical (unpaired) electrons. The maximum absolute atomic E-state index is 15.4. The molecule has 0 bridgehead atoms. The number of alkyl halides is 48. The molecule has 784 valence electrons. The van der Waals surface area contributed by atoms with Gasteiger partial charge in [0.25, 0.3) is 0 Å². The second-order valence-corrected chi connectivity index (χ2v) is 31.8. The molecule has 0 aromatic heterocycles. The van der Waals surface area contributed by atoms with Gasteiger partial charge in [-0.3, -0.25) is 0 Å². The molecule has 0 unspecified atom stereocenters. The van der Waals surface area contributed by atoms with Crippen molar-refractivity contribution in [3.63, 3.8) is 0 Å². The van der Waals surface area contributed by atoms with Gasteiger partial charge in [-0.25, -0.2) is 0 Å². The third kappa shape index (κ3) is 24.3. The summed E-state index contributed by atoms with van der Waals surface area (Å²) in [5.41, 5.74) is -56.1. The van der Waals surface area contributed by atoms with E-state index >= 15 is 52.7 Å². The lowest BCUT2D eigenvalue weighted by atomic mass is 9.92. The van der Waals surface area contributed by atoms with E-state index in [1.54, 1.807) is 0 Å². The van der Waals surface area contributed by atoms with Gasteiger partial charge in [-0.05, 0) is 203 Å². The van der Waals surface area contributed by atoms with Gasteiger partial charge in [-0.1, -0.05) is 97.1 Å². The molecule has 14 aromatic carbocycles. The zero-order valence-electron chi connectivity index (χ0n) is 71.3. The third-order valence-corrected chi connectivity index (χ3v) is 21.8. The fraction of sp³-hybridized carbons (Fsp3) is 0.167. The van der Waals surface area contributed by atoms with E-state index in [-0.39, 0.29) is 94.9 Å². The minimum atomic E-state index is -6.21. The highest BCUT2D eigenvalue weighted by molar-refractivity contribution is 6.01. The topological polar surface area (TPSA) is 13.0 Å². The third-order valence-electron chi connectivity index (χ3n) is 21.8. The Bertz CT molecular complexity index is 6550. The van der Waals surface area contributed by atoms with Crippen molar-refractivity contribution in [2.75, 3.05) is 19.6 Å². The molecule has 52 heteroatoms. The maximum Gasteiger partial charge on any atom is 0.417 e. The van der Waals surface area contributed by atoms with Crippen LogP contribution in [0.3, 0.4) is 0 Å². The van der Waals surface area contributed by atoms with E-state index < -0.39 is 362 Å².